The molecule has 2 atom stereocenters. The highest BCUT2D eigenvalue weighted by atomic mass is 32.2. The van der Waals surface area contributed by atoms with E-state index in [9.17, 15) is 32.8 Å². The number of carbonyl (C=O) groups excluding carboxylic acids is 4. The number of rotatable bonds is 11. The Labute approximate surface area is 324 Å². The molecule has 55 heavy (non-hydrogen) atoms. The predicted octanol–water partition coefficient (Wildman–Crippen LogP) is 3.94. The van der Waals surface area contributed by atoms with Gasteiger partial charge in [-0.3, -0.25) is 24.0 Å². The lowest BCUT2D eigenvalue weighted by Gasteiger charge is -2.49. The highest BCUT2D eigenvalue weighted by molar-refractivity contribution is 8.00. The zero-order valence-corrected chi connectivity index (χ0v) is 31.8. The van der Waals surface area contributed by atoms with E-state index in [1.807, 2.05) is 13.0 Å². The van der Waals surface area contributed by atoms with Gasteiger partial charge in [-0.05, 0) is 61.9 Å². The number of β-lactam (4-membered cyclic amide) rings is 1. The van der Waals surface area contributed by atoms with Crippen molar-refractivity contribution in [2.24, 2.45) is 5.16 Å². The van der Waals surface area contributed by atoms with Crippen LogP contribution in [0.3, 0.4) is 0 Å². The molecule has 0 bridgehead atoms. The summed E-state index contributed by atoms with van der Waals surface area (Å²) in [6.07, 6.45) is 10.5. The number of nitrogens with two attached hydrogens (primary N) is 1. The number of anilines is 1. The normalized spacial score (nSPS) is 18.8. The van der Waals surface area contributed by atoms with E-state index in [0.29, 0.717) is 11.3 Å². The summed E-state index contributed by atoms with van der Waals surface area (Å²) in [7, 11) is -4.02. The summed E-state index contributed by atoms with van der Waals surface area (Å²) in [6.45, 7) is 1.36. The van der Waals surface area contributed by atoms with Gasteiger partial charge in [-0.25, -0.2) is 14.6 Å². The molecule has 3 aromatic rings. The number of carbonyl (C=O) groups is 4. The molecule has 1 aromatic carbocycles. The molecule has 0 unspecified atom stereocenters. The summed E-state index contributed by atoms with van der Waals surface area (Å²) in [5.74, 6) is -1.87. The van der Waals surface area contributed by atoms with Crippen molar-refractivity contribution in [1.29, 1.82) is 0 Å². The Morgan fingerprint density at radius 2 is 1.82 bits per heavy atom. The van der Waals surface area contributed by atoms with Crippen molar-refractivity contribution in [3.05, 3.63) is 88.3 Å². The zero-order valence-electron chi connectivity index (χ0n) is 29.4. The topological polar surface area (TPSA) is 250 Å². The van der Waals surface area contributed by atoms with Crippen molar-refractivity contribution < 1.29 is 51.6 Å². The fourth-order valence-corrected chi connectivity index (χ4v) is 7.99. The largest absolute Gasteiger partial charge is 0.508 e. The number of amides is 2. The van der Waals surface area contributed by atoms with Gasteiger partial charge >= 0.3 is 12.1 Å². The van der Waals surface area contributed by atoms with E-state index in [1.54, 1.807) is 42.7 Å². The molecular formula is C35H38N6O11S3. The van der Waals surface area contributed by atoms with Crippen molar-refractivity contribution in [2.75, 3.05) is 24.7 Å². The minimum absolute atomic E-state index is 0.0116. The third-order valence-corrected chi connectivity index (χ3v) is 11.2. The van der Waals surface area contributed by atoms with Crippen LogP contribution in [-0.2, 0) is 38.7 Å². The molecule has 3 aliphatic rings. The van der Waals surface area contributed by atoms with Gasteiger partial charge in [0.05, 0.1) is 4.90 Å². The quantitative estimate of drug-likeness (QED) is 0.0407. The monoisotopic (exact) mass is 814 g/mol. The second-order valence-electron chi connectivity index (χ2n) is 12.3. The smallest absolute Gasteiger partial charge is 0.457 e. The molecule has 2 aliphatic heterocycles. The molecule has 0 spiro atoms. The summed E-state index contributed by atoms with van der Waals surface area (Å²) >= 11 is 2.39. The fraction of sp³-hybridized carbons (Fsp3) is 0.343. The Hall–Kier alpha value is -5.31. The fourth-order valence-electron chi connectivity index (χ4n) is 5.64. The molecule has 6 rings (SSSR count). The third-order valence-electron chi connectivity index (χ3n) is 8.39. The van der Waals surface area contributed by atoms with Gasteiger partial charge in [-0.1, -0.05) is 47.5 Å². The zero-order chi connectivity index (χ0) is 39.5. The number of ether oxygens (including phenoxy) is 3. The highest BCUT2D eigenvalue weighted by Crippen LogP contribution is 2.41. The van der Waals surface area contributed by atoms with Crippen LogP contribution in [-0.4, -0.2) is 99.2 Å². The second-order valence-corrected chi connectivity index (χ2v) is 15.7. The minimum Gasteiger partial charge on any atom is -0.457 e. The number of benzene rings is 1. The summed E-state index contributed by atoms with van der Waals surface area (Å²) in [5, 5.41) is 16.0. The summed E-state index contributed by atoms with van der Waals surface area (Å²) in [6, 6.07) is 8.58. The lowest BCUT2D eigenvalue weighted by atomic mass is 9.98. The molecule has 2 aromatic heterocycles. The number of aryl methyl sites for hydroxylation is 1. The average Bonchev–Trinajstić information content (AvgIpc) is 3.60. The minimum atomic E-state index is -4.02. The number of thioether (sulfide) groups is 1. The molecule has 2 amide bonds. The first-order valence-electron chi connectivity index (χ1n) is 16.9. The van der Waals surface area contributed by atoms with Crippen LogP contribution in [0.25, 0.3) is 6.08 Å². The molecular weight excluding hydrogens is 777 g/mol. The molecule has 2 fully saturated rings. The van der Waals surface area contributed by atoms with E-state index in [2.05, 4.69) is 20.4 Å². The third kappa shape index (κ3) is 10.9. The van der Waals surface area contributed by atoms with Gasteiger partial charge in [-0.15, -0.1) is 23.1 Å². The van der Waals surface area contributed by atoms with Crippen molar-refractivity contribution in [2.45, 2.75) is 61.4 Å². The van der Waals surface area contributed by atoms with Crippen molar-refractivity contribution in [3.8, 4) is 0 Å². The number of nitrogens with zero attached hydrogens (tertiary/aromatic N) is 4. The number of fused-ring (bicyclic) bond motifs is 1. The van der Waals surface area contributed by atoms with E-state index in [0.717, 1.165) is 54.6 Å². The maximum atomic E-state index is 13.3. The number of oxime groups is 1. The first-order chi connectivity index (χ1) is 26.3. The second kappa shape index (κ2) is 18.8. The number of esters is 1. The van der Waals surface area contributed by atoms with Gasteiger partial charge in [0, 0.05) is 23.5 Å². The number of hydrogen-bond donors (Lipinski definition) is 4. The van der Waals surface area contributed by atoms with Gasteiger partial charge in [0.25, 0.3) is 21.9 Å². The van der Waals surface area contributed by atoms with E-state index in [4.69, 9.17) is 24.5 Å². The Balaban J connectivity index is 0.000000454. The molecule has 17 nitrogen and oxygen atoms in total. The summed E-state index contributed by atoms with van der Waals surface area (Å²) < 4.78 is 45.3. The van der Waals surface area contributed by atoms with E-state index < -0.39 is 51.2 Å². The van der Waals surface area contributed by atoms with Crippen LogP contribution >= 0.6 is 23.1 Å². The van der Waals surface area contributed by atoms with Crippen molar-refractivity contribution >= 4 is 74.1 Å². The van der Waals surface area contributed by atoms with Crippen LogP contribution in [0.1, 0.15) is 48.9 Å². The first-order valence-corrected chi connectivity index (χ1v) is 20.3. The number of hydrogen-bond acceptors (Lipinski definition) is 16. The Bertz CT molecular complexity index is 2070. The Morgan fingerprint density at radius 1 is 1.09 bits per heavy atom. The maximum absolute atomic E-state index is 13.3. The number of nitrogen functional groups attached to an aromatic ring is 1. The van der Waals surface area contributed by atoms with Crippen LogP contribution in [0.5, 0.6) is 0 Å². The Morgan fingerprint density at radius 3 is 2.45 bits per heavy atom. The number of nitrogens with one attached hydrogen (secondary N) is 1. The van der Waals surface area contributed by atoms with Gasteiger partial charge < -0.3 is 30.5 Å². The molecule has 1 aliphatic carbocycles. The molecule has 0 radical (unpaired) electrons. The Kier molecular flexibility index (Phi) is 14.0. The number of thiazole rings is 1. The van der Waals surface area contributed by atoms with Gasteiger partial charge in [0.2, 0.25) is 0 Å². The summed E-state index contributed by atoms with van der Waals surface area (Å²) in [5.41, 5.74) is 7.55. The van der Waals surface area contributed by atoms with Gasteiger partial charge in [-0.2, -0.15) is 8.42 Å². The molecule has 5 N–H and O–H groups in total. The summed E-state index contributed by atoms with van der Waals surface area (Å²) in [4.78, 5) is 60.8. The van der Waals surface area contributed by atoms with Gasteiger partial charge in [0.15, 0.2) is 10.8 Å². The molecule has 4 heterocycles. The lowest BCUT2D eigenvalue weighted by molar-refractivity contribution is -0.153. The SMILES string of the molecule is Cc1ccc(S(=O)(=O)O)cc1.Nc1nc(C(=NO)C(=O)N[C@@H]2C(=O)N3C(C(=O)OCCOC(=O)OC4CCCCC4)=C(/C=C\c4cccnc4)CS[C@@H]23)cs1. The van der Waals surface area contributed by atoms with E-state index in [-0.39, 0.29) is 40.7 Å². The van der Waals surface area contributed by atoms with E-state index in [1.165, 1.54) is 34.2 Å². The van der Waals surface area contributed by atoms with Crippen LogP contribution in [0.4, 0.5) is 9.93 Å². The van der Waals surface area contributed by atoms with Crippen molar-refractivity contribution in [1.82, 2.24) is 20.2 Å². The molecule has 20 heteroatoms. The van der Waals surface area contributed by atoms with Gasteiger partial charge in [0.1, 0.15) is 42.1 Å². The van der Waals surface area contributed by atoms with Crippen LogP contribution in [0.15, 0.2) is 81.6 Å². The van der Waals surface area contributed by atoms with Crippen LogP contribution in [0.2, 0.25) is 0 Å². The number of pyridine rings is 1. The number of aromatic nitrogens is 2. The van der Waals surface area contributed by atoms with Crippen molar-refractivity contribution in [3.63, 3.8) is 0 Å². The predicted molar refractivity (Wildman–Crippen MR) is 201 cm³/mol. The number of allylic oxidation sites excluding steroid dienone is 1. The molecule has 1 saturated heterocycles. The van der Waals surface area contributed by atoms with E-state index >= 15 is 0 Å². The van der Waals surface area contributed by atoms with Crippen LogP contribution in [0, 0.1) is 6.92 Å². The maximum Gasteiger partial charge on any atom is 0.508 e. The standard InChI is InChI=1S/C28H30N6O8S2.C7H8O3S/c29-27-31-19(15-44-27)20(33-39)23(35)32-21-24(36)34-22(17(14-43-25(21)34)9-8-16-5-4-10-30-13-16)26(37)40-11-12-41-28(38)42-18-6-2-1-3-7-18;1-6-2-4-7(5-3-6)11(8,9)10/h4-5,8-10,13,15,18,21,25,39H,1-3,6-7,11-12,14H2,(H2,29,31)(H,32,35);2-5H,1H3,(H,8,9,10)/b9-8-,33-20?;/t21-,25+;/m1./s1. The molecule has 292 valence electrons. The lowest BCUT2D eigenvalue weighted by Crippen LogP contribution is -2.71. The highest BCUT2D eigenvalue weighted by Gasteiger charge is 2.54. The first kappa shape index (κ1) is 40.9. The van der Waals surface area contributed by atoms with Crippen LogP contribution < -0.4 is 11.1 Å². The molecule has 1 saturated carbocycles. The average molecular weight is 815 g/mol.